The first-order valence-electron chi connectivity index (χ1n) is 7.45. The van der Waals surface area contributed by atoms with Crippen molar-refractivity contribution in [1.82, 2.24) is 5.32 Å². The van der Waals surface area contributed by atoms with Gasteiger partial charge in [0.1, 0.15) is 12.4 Å². The van der Waals surface area contributed by atoms with Crippen molar-refractivity contribution in [2.24, 2.45) is 0 Å². The fourth-order valence-corrected chi connectivity index (χ4v) is 2.40. The number of ether oxygens (including phenoxy) is 1. The predicted molar refractivity (Wildman–Crippen MR) is 94.3 cm³/mol. The van der Waals surface area contributed by atoms with Gasteiger partial charge in [-0.2, -0.15) is 0 Å². The Hall–Kier alpha value is -1.71. The Morgan fingerprint density at radius 1 is 1.13 bits per heavy atom. The minimum atomic E-state index is -0.0588. The summed E-state index contributed by atoms with van der Waals surface area (Å²) < 4.78 is 5.61. The molecule has 23 heavy (non-hydrogen) atoms. The Balaban J connectivity index is 1.72. The van der Waals surface area contributed by atoms with E-state index in [1.807, 2.05) is 43.3 Å². The van der Waals surface area contributed by atoms with Gasteiger partial charge in [0.05, 0.1) is 16.1 Å². The molecule has 0 saturated heterocycles. The van der Waals surface area contributed by atoms with E-state index < -0.39 is 0 Å². The molecule has 2 rings (SSSR count). The molecule has 2 aromatic rings. The molecule has 0 aliphatic heterocycles. The number of aryl methyl sites for hydroxylation is 1. The topological polar surface area (TPSA) is 38.3 Å². The lowest BCUT2D eigenvalue weighted by atomic mass is 10.1. The zero-order chi connectivity index (χ0) is 16.7. The molecule has 0 radical (unpaired) electrons. The maximum Gasteiger partial charge on any atom is 0.220 e. The van der Waals surface area contributed by atoms with E-state index >= 15 is 0 Å². The first-order chi connectivity index (χ1) is 11.0. The molecule has 5 heteroatoms. The lowest BCUT2D eigenvalue weighted by Gasteiger charge is -2.15. The Morgan fingerprint density at radius 3 is 2.57 bits per heavy atom. The highest BCUT2D eigenvalue weighted by atomic mass is 35.5. The number of nitrogens with one attached hydrogen (secondary N) is 1. The smallest absolute Gasteiger partial charge is 0.220 e. The van der Waals surface area contributed by atoms with Crippen LogP contribution >= 0.6 is 23.2 Å². The van der Waals surface area contributed by atoms with E-state index in [2.05, 4.69) is 5.32 Å². The number of carbonyl (C=O) groups excluding carboxylic acids is 1. The molecule has 0 spiro atoms. The van der Waals surface area contributed by atoms with Crippen LogP contribution in [-0.4, -0.2) is 18.6 Å². The molecular formula is C18H19Cl2NO2. The number of para-hydroxylation sites is 1. The Labute approximate surface area is 146 Å². The summed E-state index contributed by atoms with van der Waals surface area (Å²) in [6.07, 6.45) is 1.02. The second-order valence-corrected chi connectivity index (χ2v) is 6.16. The van der Waals surface area contributed by atoms with E-state index in [4.69, 9.17) is 27.9 Å². The fourth-order valence-electron chi connectivity index (χ4n) is 2.08. The van der Waals surface area contributed by atoms with Gasteiger partial charge in [0, 0.05) is 6.42 Å². The summed E-state index contributed by atoms with van der Waals surface area (Å²) in [6.45, 7) is 2.35. The summed E-state index contributed by atoms with van der Waals surface area (Å²) in [5.74, 6) is 0.782. The minimum Gasteiger partial charge on any atom is -0.491 e. The highest BCUT2D eigenvalue weighted by molar-refractivity contribution is 6.42. The van der Waals surface area contributed by atoms with E-state index in [1.165, 1.54) is 0 Å². The van der Waals surface area contributed by atoms with Crippen LogP contribution in [0.4, 0.5) is 0 Å². The van der Waals surface area contributed by atoms with Gasteiger partial charge >= 0.3 is 0 Å². The standard InChI is InChI=1S/C18H19Cl2NO2/c1-13(12-23-15-5-3-2-4-6-15)21-18(22)10-8-14-7-9-16(19)17(20)11-14/h2-7,9,11,13H,8,10,12H2,1H3,(H,21,22)/t13-/m1/s1. The normalized spacial score (nSPS) is 11.8. The summed E-state index contributed by atoms with van der Waals surface area (Å²) >= 11 is 11.8. The molecule has 0 bridgehead atoms. The van der Waals surface area contributed by atoms with Crippen LogP contribution in [-0.2, 0) is 11.2 Å². The molecule has 0 aromatic heterocycles. The van der Waals surface area contributed by atoms with Gasteiger partial charge in [-0.05, 0) is 43.2 Å². The highest BCUT2D eigenvalue weighted by Gasteiger charge is 2.09. The maximum absolute atomic E-state index is 12.0. The Kier molecular flexibility index (Phi) is 6.75. The molecule has 1 amide bonds. The molecule has 0 saturated carbocycles. The van der Waals surface area contributed by atoms with Gasteiger partial charge in [-0.1, -0.05) is 47.5 Å². The molecule has 0 aliphatic rings. The van der Waals surface area contributed by atoms with Crippen LogP contribution in [0.3, 0.4) is 0 Å². The van der Waals surface area contributed by atoms with Gasteiger partial charge in [-0.15, -0.1) is 0 Å². The average Bonchev–Trinajstić information content (AvgIpc) is 2.55. The van der Waals surface area contributed by atoms with E-state index in [0.717, 1.165) is 11.3 Å². The van der Waals surface area contributed by atoms with E-state index in [9.17, 15) is 4.79 Å². The number of hydrogen-bond acceptors (Lipinski definition) is 2. The molecular weight excluding hydrogens is 333 g/mol. The van der Waals surface area contributed by atoms with Crippen LogP contribution in [0.2, 0.25) is 10.0 Å². The van der Waals surface area contributed by atoms with Crippen LogP contribution in [0.15, 0.2) is 48.5 Å². The second kappa shape index (κ2) is 8.80. The Bertz CT molecular complexity index is 647. The number of amides is 1. The largest absolute Gasteiger partial charge is 0.491 e. The molecule has 1 N–H and O–H groups in total. The number of hydrogen-bond donors (Lipinski definition) is 1. The highest BCUT2D eigenvalue weighted by Crippen LogP contribution is 2.23. The molecule has 0 unspecified atom stereocenters. The van der Waals surface area contributed by atoms with Gasteiger partial charge in [-0.25, -0.2) is 0 Å². The minimum absolute atomic E-state index is 0.0137. The van der Waals surface area contributed by atoms with Gasteiger partial charge < -0.3 is 10.1 Å². The van der Waals surface area contributed by atoms with Crippen molar-refractivity contribution in [1.29, 1.82) is 0 Å². The van der Waals surface area contributed by atoms with Crippen LogP contribution in [0, 0.1) is 0 Å². The van der Waals surface area contributed by atoms with Crippen LogP contribution in [0.5, 0.6) is 5.75 Å². The SMILES string of the molecule is C[C@H](COc1ccccc1)NC(=O)CCc1ccc(Cl)c(Cl)c1. The van der Waals surface area contributed by atoms with Crippen LogP contribution < -0.4 is 10.1 Å². The summed E-state index contributed by atoms with van der Waals surface area (Å²) in [6, 6.07) is 14.9. The molecule has 0 heterocycles. The van der Waals surface area contributed by atoms with Crippen molar-refractivity contribution in [3.05, 3.63) is 64.1 Å². The van der Waals surface area contributed by atoms with Crippen molar-refractivity contribution in [3.63, 3.8) is 0 Å². The van der Waals surface area contributed by atoms with E-state index in [-0.39, 0.29) is 11.9 Å². The lowest BCUT2D eigenvalue weighted by molar-refractivity contribution is -0.121. The van der Waals surface area contributed by atoms with Crippen molar-refractivity contribution in [2.45, 2.75) is 25.8 Å². The predicted octanol–water partition coefficient (Wildman–Crippen LogP) is 4.51. The molecule has 3 nitrogen and oxygen atoms in total. The molecule has 122 valence electrons. The van der Waals surface area contributed by atoms with Gasteiger partial charge in [0.25, 0.3) is 0 Å². The van der Waals surface area contributed by atoms with Crippen molar-refractivity contribution >= 4 is 29.1 Å². The average molecular weight is 352 g/mol. The van der Waals surface area contributed by atoms with Gasteiger partial charge in [-0.3, -0.25) is 4.79 Å². The monoisotopic (exact) mass is 351 g/mol. The first kappa shape index (κ1) is 17.6. The maximum atomic E-state index is 12.0. The van der Waals surface area contributed by atoms with Gasteiger partial charge in [0.2, 0.25) is 5.91 Å². The summed E-state index contributed by atoms with van der Waals surface area (Å²) in [5.41, 5.74) is 0.989. The molecule has 0 fully saturated rings. The van der Waals surface area contributed by atoms with Crippen molar-refractivity contribution < 1.29 is 9.53 Å². The first-order valence-corrected chi connectivity index (χ1v) is 8.21. The zero-order valence-electron chi connectivity index (χ0n) is 12.9. The quantitative estimate of drug-likeness (QED) is 0.796. The summed E-state index contributed by atoms with van der Waals surface area (Å²) in [7, 11) is 0. The third kappa shape index (κ3) is 6.12. The van der Waals surface area contributed by atoms with Crippen molar-refractivity contribution in [3.8, 4) is 5.75 Å². The third-order valence-corrected chi connectivity index (χ3v) is 4.01. The van der Waals surface area contributed by atoms with Crippen molar-refractivity contribution in [2.75, 3.05) is 6.61 Å². The molecule has 0 aliphatic carbocycles. The number of halogens is 2. The molecule has 2 aromatic carbocycles. The van der Waals surface area contributed by atoms with Gasteiger partial charge in [0.15, 0.2) is 0 Å². The Morgan fingerprint density at radius 2 is 1.87 bits per heavy atom. The third-order valence-electron chi connectivity index (χ3n) is 3.28. The van der Waals surface area contributed by atoms with E-state index in [1.54, 1.807) is 12.1 Å². The van der Waals surface area contributed by atoms with Crippen LogP contribution in [0.1, 0.15) is 18.9 Å². The lowest BCUT2D eigenvalue weighted by Crippen LogP contribution is -2.36. The summed E-state index contributed by atoms with van der Waals surface area (Å²) in [4.78, 5) is 12.0. The second-order valence-electron chi connectivity index (χ2n) is 5.34. The zero-order valence-corrected chi connectivity index (χ0v) is 14.4. The van der Waals surface area contributed by atoms with E-state index in [0.29, 0.717) is 29.5 Å². The summed E-state index contributed by atoms with van der Waals surface area (Å²) in [5, 5.41) is 3.95. The fraction of sp³-hybridized carbons (Fsp3) is 0.278. The molecule has 1 atom stereocenters. The number of carbonyl (C=O) groups is 1. The number of rotatable bonds is 7. The number of benzene rings is 2. The van der Waals surface area contributed by atoms with Crippen LogP contribution in [0.25, 0.3) is 0 Å².